The topological polar surface area (TPSA) is 67.4 Å². The van der Waals surface area contributed by atoms with Gasteiger partial charge in [-0.1, -0.05) is 12.1 Å². The Labute approximate surface area is 125 Å². The van der Waals surface area contributed by atoms with Crippen LogP contribution in [0.3, 0.4) is 0 Å². The molecule has 21 heavy (non-hydrogen) atoms. The van der Waals surface area contributed by atoms with E-state index in [9.17, 15) is 9.59 Å². The van der Waals surface area contributed by atoms with Gasteiger partial charge in [0.2, 0.25) is 11.8 Å². The number of carbonyl (C=O) groups excluding carboxylic acids is 2. The zero-order valence-corrected chi connectivity index (χ0v) is 12.5. The zero-order chi connectivity index (χ0) is 15.2. The van der Waals surface area contributed by atoms with E-state index in [1.165, 1.54) is 0 Å². The molecule has 1 unspecified atom stereocenters. The van der Waals surface area contributed by atoms with Crippen LogP contribution in [0.4, 0.5) is 5.69 Å². The van der Waals surface area contributed by atoms with E-state index >= 15 is 0 Å². The van der Waals surface area contributed by atoms with E-state index in [2.05, 4.69) is 10.6 Å². The number of nitrogens with one attached hydrogen (secondary N) is 2. The molecule has 1 atom stereocenters. The summed E-state index contributed by atoms with van der Waals surface area (Å²) in [6, 6.07) is 7.45. The third-order valence-corrected chi connectivity index (χ3v) is 3.44. The lowest BCUT2D eigenvalue weighted by molar-refractivity contribution is -0.126. The fraction of sp³-hybridized carbons (Fsp3) is 0.500. The van der Waals surface area contributed by atoms with E-state index in [1.54, 1.807) is 0 Å². The van der Waals surface area contributed by atoms with Gasteiger partial charge in [0.15, 0.2) is 0 Å². The second-order valence-corrected chi connectivity index (χ2v) is 5.31. The first-order valence-corrected chi connectivity index (χ1v) is 7.38. The molecule has 5 heteroatoms. The normalized spacial score (nSPS) is 15.3. The SMILES string of the molecule is CCOCC(=O)NC(C)c1ccc(NC(=O)C2CC2)cc1. The average molecular weight is 290 g/mol. The van der Waals surface area contributed by atoms with E-state index in [4.69, 9.17) is 4.74 Å². The second kappa shape index (κ2) is 7.22. The van der Waals surface area contributed by atoms with E-state index < -0.39 is 0 Å². The lowest BCUT2D eigenvalue weighted by Gasteiger charge is -2.15. The highest BCUT2D eigenvalue weighted by molar-refractivity contribution is 5.94. The van der Waals surface area contributed by atoms with Crippen LogP contribution in [-0.4, -0.2) is 25.0 Å². The fourth-order valence-electron chi connectivity index (χ4n) is 2.01. The molecule has 0 saturated heterocycles. The third kappa shape index (κ3) is 4.86. The first-order valence-electron chi connectivity index (χ1n) is 7.38. The van der Waals surface area contributed by atoms with Crippen molar-refractivity contribution in [3.05, 3.63) is 29.8 Å². The maximum absolute atomic E-state index is 11.7. The molecule has 114 valence electrons. The Morgan fingerprint density at radius 3 is 2.52 bits per heavy atom. The lowest BCUT2D eigenvalue weighted by Crippen LogP contribution is -2.30. The third-order valence-electron chi connectivity index (χ3n) is 3.44. The Kier molecular flexibility index (Phi) is 5.33. The largest absolute Gasteiger partial charge is 0.372 e. The smallest absolute Gasteiger partial charge is 0.246 e. The van der Waals surface area contributed by atoms with Crippen LogP contribution in [0.15, 0.2) is 24.3 Å². The highest BCUT2D eigenvalue weighted by atomic mass is 16.5. The van der Waals surface area contributed by atoms with Crippen molar-refractivity contribution in [3.63, 3.8) is 0 Å². The summed E-state index contributed by atoms with van der Waals surface area (Å²) in [5.74, 6) is 0.165. The molecule has 0 bridgehead atoms. The molecule has 2 N–H and O–H groups in total. The van der Waals surface area contributed by atoms with Crippen molar-refractivity contribution in [2.75, 3.05) is 18.5 Å². The minimum atomic E-state index is -0.129. The van der Waals surface area contributed by atoms with Gasteiger partial charge in [-0.3, -0.25) is 9.59 Å². The summed E-state index contributed by atoms with van der Waals surface area (Å²) >= 11 is 0. The molecule has 1 aliphatic carbocycles. The molecule has 1 aromatic rings. The summed E-state index contributed by atoms with van der Waals surface area (Å²) < 4.78 is 5.06. The van der Waals surface area contributed by atoms with Crippen LogP contribution in [0.2, 0.25) is 0 Å². The number of rotatable bonds is 7. The van der Waals surface area contributed by atoms with Gasteiger partial charge in [0.05, 0.1) is 6.04 Å². The summed E-state index contributed by atoms with van der Waals surface area (Å²) in [5, 5.41) is 5.76. The number of ether oxygens (including phenoxy) is 1. The first kappa shape index (κ1) is 15.5. The molecule has 0 spiro atoms. The number of carbonyl (C=O) groups is 2. The van der Waals surface area contributed by atoms with E-state index in [1.807, 2.05) is 38.1 Å². The van der Waals surface area contributed by atoms with Crippen LogP contribution in [0.5, 0.6) is 0 Å². The number of amides is 2. The van der Waals surface area contributed by atoms with Crippen molar-refractivity contribution < 1.29 is 14.3 Å². The van der Waals surface area contributed by atoms with E-state index in [0.717, 1.165) is 24.1 Å². The molecular weight excluding hydrogens is 268 g/mol. The molecule has 0 heterocycles. The molecule has 1 saturated carbocycles. The van der Waals surface area contributed by atoms with Crippen molar-refractivity contribution >= 4 is 17.5 Å². The molecule has 2 amide bonds. The molecule has 1 aliphatic rings. The van der Waals surface area contributed by atoms with Crippen molar-refractivity contribution in [1.29, 1.82) is 0 Å². The summed E-state index contributed by atoms with van der Waals surface area (Å²) in [7, 11) is 0. The van der Waals surface area contributed by atoms with Crippen LogP contribution in [-0.2, 0) is 14.3 Å². The Morgan fingerprint density at radius 1 is 1.29 bits per heavy atom. The number of anilines is 1. The van der Waals surface area contributed by atoms with Gasteiger partial charge >= 0.3 is 0 Å². The van der Waals surface area contributed by atoms with Crippen molar-refractivity contribution in [1.82, 2.24) is 5.32 Å². The maximum atomic E-state index is 11.7. The van der Waals surface area contributed by atoms with Gasteiger partial charge in [0.1, 0.15) is 6.61 Å². The number of hydrogen-bond acceptors (Lipinski definition) is 3. The van der Waals surface area contributed by atoms with Crippen molar-refractivity contribution in [2.24, 2.45) is 5.92 Å². The van der Waals surface area contributed by atoms with E-state index in [-0.39, 0.29) is 30.4 Å². The van der Waals surface area contributed by atoms with Crippen molar-refractivity contribution in [3.8, 4) is 0 Å². The van der Waals surface area contributed by atoms with Crippen LogP contribution < -0.4 is 10.6 Å². The molecule has 0 radical (unpaired) electrons. The molecule has 2 rings (SSSR count). The Hall–Kier alpha value is -1.88. The standard InChI is InChI=1S/C16H22N2O3/c1-3-21-10-15(19)17-11(2)12-6-8-14(9-7-12)18-16(20)13-4-5-13/h6-9,11,13H,3-5,10H2,1-2H3,(H,17,19)(H,18,20). The van der Waals surface area contributed by atoms with Gasteiger partial charge in [-0.25, -0.2) is 0 Å². The van der Waals surface area contributed by atoms with Gasteiger partial charge in [0.25, 0.3) is 0 Å². The summed E-state index contributed by atoms with van der Waals surface area (Å²) in [5.41, 5.74) is 1.78. The highest BCUT2D eigenvalue weighted by Gasteiger charge is 2.29. The quantitative estimate of drug-likeness (QED) is 0.809. The van der Waals surface area contributed by atoms with Gasteiger partial charge in [0, 0.05) is 18.2 Å². The lowest BCUT2D eigenvalue weighted by atomic mass is 10.1. The van der Waals surface area contributed by atoms with Gasteiger partial charge < -0.3 is 15.4 Å². The molecule has 5 nitrogen and oxygen atoms in total. The Bertz CT molecular complexity index is 495. The molecular formula is C16H22N2O3. The Morgan fingerprint density at radius 2 is 1.95 bits per heavy atom. The summed E-state index contributed by atoms with van der Waals surface area (Å²) in [6.07, 6.45) is 1.99. The number of benzene rings is 1. The average Bonchev–Trinajstić information content (AvgIpc) is 3.30. The Balaban J connectivity index is 1.85. The first-order chi connectivity index (χ1) is 10.1. The molecule has 0 aromatic heterocycles. The van der Waals surface area contributed by atoms with E-state index in [0.29, 0.717) is 6.61 Å². The van der Waals surface area contributed by atoms with Gasteiger partial charge in [-0.2, -0.15) is 0 Å². The minimum absolute atomic E-state index is 0.0797. The predicted molar refractivity (Wildman–Crippen MR) is 80.8 cm³/mol. The van der Waals surface area contributed by atoms with Crippen LogP contribution >= 0.6 is 0 Å². The van der Waals surface area contributed by atoms with Gasteiger partial charge in [-0.15, -0.1) is 0 Å². The summed E-state index contributed by atoms with van der Waals surface area (Å²) in [4.78, 5) is 23.2. The predicted octanol–water partition coefficient (Wildman–Crippen LogP) is 2.25. The summed E-state index contributed by atoms with van der Waals surface area (Å²) in [6.45, 7) is 4.38. The molecule has 1 fully saturated rings. The van der Waals surface area contributed by atoms with Crippen molar-refractivity contribution in [2.45, 2.75) is 32.7 Å². The van der Waals surface area contributed by atoms with Crippen LogP contribution in [0.25, 0.3) is 0 Å². The monoisotopic (exact) mass is 290 g/mol. The fourth-order valence-corrected chi connectivity index (χ4v) is 2.01. The second-order valence-electron chi connectivity index (χ2n) is 5.31. The molecule has 0 aliphatic heterocycles. The maximum Gasteiger partial charge on any atom is 0.246 e. The van der Waals surface area contributed by atoms with Crippen LogP contribution in [0, 0.1) is 5.92 Å². The molecule has 1 aromatic carbocycles. The highest BCUT2D eigenvalue weighted by Crippen LogP contribution is 2.30. The zero-order valence-electron chi connectivity index (χ0n) is 12.5. The number of hydrogen-bond donors (Lipinski definition) is 2. The van der Waals surface area contributed by atoms with Crippen LogP contribution in [0.1, 0.15) is 38.3 Å². The van der Waals surface area contributed by atoms with Gasteiger partial charge in [-0.05, 0) is 44.4 Å². The minimum Gasteiger partial charge on any atom is -0.372 e.